The molecule has 2 atom stereocenters. The van der Waals surface area contributed by atoms with Gasteiger partial charge in [0.1, 0.15) is 11.5 Å². The number of hydrogen-bond donors (Lipinski definition) is 2. The van der Waals surface area contributed by atoms with Crippen molar-refractivity contribution in [2.24, 2.45) is 0 Å². The number of rotatable bonds is 9. The van der Waals surface area contributed by atoms with Crippen LogP contribution in [0.2, 0.25) is 0 Å². The maximum Gasteiger partial charge on any atom is 0.185 e. The van der Waals surface area contributed by atoms with Gasteiger partial charge in [0.25, 0.3) is 0 Å². The third-order valence-electron chi connectivity index (χ3n) is 5.35. The van der Waals surface area contributed by atoms with Crippen molar-refractivity contribution in [1.82, 2.24) is 4.98 Å². The first kappa shape index (κ1) is 24.5. The monoisotopic (exact) mass is 509 g/mol. The van der Waals surface area contributed by atoms with Gasteiger partial charge < -0.3 is 19.9 Å². The molecular formula is C25H23N3O5S2. The van der Waals surface area contributed by atoms with E-state index >= 15 is 0 Å². The number of aromatic nitrogens is 1. The van der Waals surface area contributed by atoms with E-state index in [9.17, 15) is 13.5 Å². The van der Waals surface area contributed by atoms with Gasteiger partial charge in [0.15, 0.2) is 27.3 Å². The summed E-state index contributed by atoms with van der Waals surface area (Å²) in [6, 6.07) is 20.3. The average molecular weight is 510 g/mol. The summed E-state index contributed by atoms with van der Waals surface area (Å²) in [7, 11) is -1.77. The van der Waals surface area contributed by atoms with Crippen molar-refractivity contribution in [2.45, 2.75) is 24.2 Å². The summed E-state index contributed by atoms with van der Waals surface area (Å²) < 4.78 is 36.6. The molecule has 0 saturated heterocycles. The Kier molecular flexibility index (Phi) is 7.21. The second kappa shape index (κ2) is 10.3. The molecule has 0 saturated carbocycles. The normalized spacial score (nSPS) is 13.1. The quantitative estimate of drug-likeness (QED) is 0.316. The molecular weight excluding hydrogens is 486 g/mol. The van der Waals surface area contributed by atoms with Gasteiger partial charge in [-0.1, -0.05) is 30.4 Å². The summed E-state index contributed by atoms with van der Waals surface area (Å²) in [5.41, 5.74) is 1.79. The summed E-state index contributed by atoms with van der Waals surface area (Å²) in [5.74, 6) is 1.14. The van der Waals surface area contributed by atoms with Crippen molar-refractivity contribution >= 4 is 36.5 Å². The first-order valence-corrected chi connectivity index (χ1v) is 13.2. The third kappa shape index (κ3) is 5.54. The first-order valence-electron chi connectivity index (χ1n) is 10.7. The molecule has 2 N–H and O–H groups in total. The Hall–Kier alpha value is -3.65. The third-order valence-corrected chi connectivity index (χ3v) is 8.05. The standard InChI is InChI=1S/C25H23N3O5S2/c1-3-35(30,31)20-11-6-17(7-12-20)23(33-18-8-4-16(15-26)5-9-18)24(29)28-25-27-21-13-10-19(32-2)14-22(21)34-25/h4-14,23-24,29H,3H2,1-2H3,(H,27,28). The van der Waals surface area contributed by atoms with Gasteiger partial charge in [-0.15, -0.1) is 0 Å². The molecule has 2 unspecified atom stereocenters. The van der Waals surface area contributed by atoms with Crippen molar-refractivity contribution < 1.29 is 23.0 Å². The van der Waals surface area contributed by atoms with Crippen molar-refractivity contribution in [1.29, 1.82) is 5.26 Å². The summed E-state index contributed by atoms with van der Waals surface area (Å²) in [5, 5.41) is 23.6. The van der Waals surface area contributed by atoms with Crippen LogP contribution in [-0.4, -0.2) is 37.6 Å². The fourth-order valence-electron chi connectivity index (χ4n) is 3.40. The Morgan fingerprint density at radius 3 is 2.40 bits per heavy atom. The molecule has 180 valence electrons. The molecule has 0 aliphatic carbocycles. The lowest BCUT2D eigenvalue weighted by molar-refractivity contribution is 0.0540. The van der Waals surface area contributed by atoms with Crippen LogP contribution < -0.4 is 14.8 Å². The maximum atomic E-state index is 12.2. The molecule has 10 heteroatoms. The maximum absolute atomic E-state index is 12.2. The zero-order chi connectivity index (χ0) is 25.0. The predicted molar refractivity (Wildman–Crippen MR) is 134 cm³/mol. The van der Waals surface area contributed by atoms with Crippen LogP contribution in [0.4, 0.5) is 5.13 Å². The molecule has 0 fully saturated rings. The fraction of sp³-hybridized carbons (Fsp3) is 0.200. The molecule has 8 nitrogen and oxygen atoms in total. The Morgan fingerprint density at radius 1 is 1.09 bits per heavy atom. The minimum Gasteiger partial charge on any atom is -0.497 e. The lowest BCUT2D eigenvalue weighted by atomic mass is 10.1. The molecule has 0 spiro atoms. The van der Waals surface area contributed by atoms with E-state index < -0.39 is 22.2 Å². The van der Waals surface area contributed by atoms with Crippen LogP contribution in [0, 0.1) is 11.3 Å². The van der Waals surface area contributed by atoms with E-state index in [0.29, 0.717) is 27.8 Å². The first-order chi connectivity index (χ1) is 16.8. The lowest BCUT2D eigenvalue weighted by Gasteiger charge is -2.25. The number of thiazole rings is 1. The smallest absolute Gasteiger partial charge is 0.185 e. The number of sulfone groups is 1. The van der Waals surface area contributed by atoms with E-state index in [1.165, 1.54) is 23.5 Å². The highest BCUT2D eigenvalue weighted by molar-refractivity contribution is 7.91. The Bertz CT molecular complexity index is 1460. The Labute approximate surface area is 207 Å². The summed E-state index contributed by atoms with van der Waals surface area (Å²) in [6.07, 6.45) is -2.12. The molecule has 1 aromatic heterocycles. The number of benzene rings is 3. The molecule has 3 aromatic carbocycles. The molecule has 0 aliphatic heterocycles. The van der Waals surface area contributed by atoms with Gasteiger partial charge in [-0.2, -0.15) is 5.26 Å². The lowest BCUT2D eigenvalue weighted by Crippen LogP contribution is -2.31. The second-order valence-corrected chi connectivity index (χ2v) is 10.9. The number of anilines is 1. The minimum absolute atomic E-state index is 0.00983. The van der Waals surface area contributed by atoms with E-state index in [-0.39, 0.29) is 10.6 Å². The zero-order valence-corrected chi connectivity index (χ0v) is 20.6. The molecule has 0 radical (unpaired) electrons. The predicted octanol–water partition coefficient (Wildman–Crippen LogP) is 4.52. The van der Waals surface area contributed by atoms with Crippen LogP contribution >= 0.6 is 11.3 Å². The highest BCUT2D eigenvalue weighted by Crippen LogP contribution is 2.32. The fourth-order valence-corrected chi connectivity index (χ4v) is 5.21. The number of nitriles is 1. The SMILES string of the molecule is CCS(=O)(=O)c1ccc(C(Oc2ccc(C#N)cc2)C(O)Nc2nc3ccc(OC)cc3s2)cc1. The molecule has 4 aromatic rings. The van der Waals surface area contributed by atoms with Crippen LogP contribution in [0.1, 0.15) is 24.2 Å². The summed E-state index contributed by atoms with van der Waals surface area (Å²) in [4.78, 5) is 4.71. The van der Waals surface area contributed by atoms with Crippen molar-refractivity contribution in [3.63, 3.8) is 0 Å². The van der Waals surface area contributed by atoms with Gasteiger partial charge in [0.2, 0.25) is 0 Å². The van der Waals surface area contributed by atoms with Gasteiger partial charge in [0, 0.05) is 0 Å². The van der Waals surface area contributed by atoms with Crippen molar-refractivity contribution in [2.75, 3.05) is 18.2 Å². The number of nitrogens with one attached hydrogen (secondary N) is 1. The largest absolute Gasteiger partial charge is 0.497 e. The number of hydrogen-bond acceptors (Lipinski definition) is 9. The Morgan fingerprint density at radius 2 is 1.77 bits per heavy atom. The van der Waals surface area contributed by atoms with Crippen LogP contribution in [0.3, 0.4) is 0 Å². The van der Waals surface area contributed by atoms with E-state index in [2.05, 4.69) is 16.4 Å². The zero-order valence-electron chi connectivity index (χ0n) is 19.0. The Balaban J connectivity index is 1.64. The topological polar surface area (TPSA) is 122 Å². The van der Waals surface area contributed by atoms with Gasteiger partial charge in [-0.05, 0) is 60.2 Å². The highest BCUT2D eigenvalue weighted by Gasteiger charge is 2.25. The van der Waals surface area contributed by atoms with Crippen LogP contribution in [0.5, 0.6) is 11.5 Å². The average Bonchev–Trinajstić information content (AvgIpc) is 3.28. The van der Waals surface area contributed by atoms with Crippen molar-refractivity contribution in [3.8, 4) is 17.6 Å². The number of fused-ring (bicyclic) bond motifs is 1. The second-order valence-electron chi connectivity index (χ2n) is 7.59. The highest BCUT2D eigenvalue weighted by atomic mass is 32.2. The molecule has 0 amide bonds. The minimum atomic E-state index is -3.36. The van der Waals surface area contributed by atoms with E-state index in [0.717, 1.165) is 10.2 Å². The number of aliphatic hydroxyl groups is 1. The number of ether oxygens (including phenoxy) is 2. The van der Waals surface area contributed by atoms with Gasteiger partial charge in [-0.25, -0.2) is 13.4 Å². The van der Waals surface area contributed by atoms with Crippen LogP contribution in [-0.2, 0) is 9.84 Å². The molecule has 35 heavy (non-hydrogen) atoms. The van der Waals surface area contributed by atoms with E-state index in [1.807, 2.05) is 18.2 Å². The van der Waals surface area contributed by atoms with Gasteiger partial charge in [0.05, 0.1) is 39.6 Å². The summed E-state index contributed by atoms with van der Waals surface area (Å²) >= 11 is 1.35. The van der Waals surface area contributed by atoms with E-state index in [1.54, 1.807) is 50.4 Å². The molecule has 4 rings (SSSR count). The summed E-state index contributed by atoms with van der Waals surface area (Å²) in [6.45, 7) is 1.58. The van der Waals surface area contributed by atoms with Gasteiger partial charge >= 0.3 is 0 Å². The molecule has 1 heterocycles. The van der Waals surface area contributed by atoms with Crippen molar-refractivity contribution in [3.05, 3.63) is 77.9 Å². The van der Waals surface area contributed by atoms with Crippen LogP contribution in [0.25, 0.3) is 10.2 Å². The van der Waals surface area contributed by atoms with Gasteiger partial charge in [-0.3, -0.25) is 0 Å². The number of nitrogens with zero attached hydrogens (tertiary/aromatic N) is 2. The van der Waals surface area contributed by atoms with E-state index in [4.69, 9.17) is 14.7 Å². The molecule has 0 bridgehead atoms. The molecule has 0 aliphatic rings. The number of aliphatic hydroxyl groups excluding tert-OH is 1. The van der Waals surface area contributed by atoms with Crippen LogP contribution in [0.15, 0.2) is 71.6 Å². The number of methoxy groups -OCH3 is 1.